The zero-order chi connectivity index (χ0) is 26.1. The van der Waals surface area contributed by atoms with E-state index in [0.717, 1.165) is 53.9 Å². The van der Waals surface area contributed by atoms with Gasteiger partial charge in [-0.1, -0.05) is 42.5 Å². The largest absolute Gasteiger partial charge is 0.351 e. The summed E-state index contributed by atoms with van der Waals surface area (Å²) in [6, 6.07) is 21.8. The van der Waals surface area contributed by atoms with Crippen molar-refractivity contribution in [3.63, 3.8) is 0 Å². The molecule has 7 heteroatoms. The van der Waals surface area contributed by atoms with Crippen molar-refractivity contribution in [1.82, 2.24) is 24.8 Å². The number of fused-ring (bicyclic) bond motifs is 3. The van der Waals surface area contributed by atoms with Crippen LogP contribution in [0.4, 0.5) is 4.39 Å². The molecule has 3 atom stereocenters. The fourth-order valence-corrected chi connectivity index (χ4v) is 6.63. The minimum absolute atomic E-state index is 0.0225. The predicted molar refractivity (Wildman–Crippen MR) is 146 cm³/mol. The number of imidazole rings is 1. The minimum atomic E-state index is -0.270. The average Bonchev–Trinajstić information content (AvgIpc) is 3.39. The molecule has 2 saturated heterocycles. The molecule has 4 heterocycles. The highest BCUT2D eigenvalue weighted by molar-refractivity contribution is 5.83. The Morgan fingerprint density at radius 2 is 1.74 bits per heavy atom. The van der Waals surface area contributed by atoms with Crippen LogP contribution in [0.1, 0.15) is 61.0 Å². The molecule has 4 aromatic rings. The number of rotatable bonds is 8. The van der Waals surface area contributed by atoms with E-state index in [2.05, 4.69) is 26.7 Å². The molecule has 6 rings (SSSR count). The Morgan fingerprint density at radius 3 is 2.47 bits per heavy atom. The summed E-state index contributed by atoms with van der Waals surface area (Å²) in [7, 11) is 0. The number of halogens is 1. The van der Waals surface area contributed by atoms with E-state index in [0.29, 0.717) is 24.7 Å². The molecule has 2 aromatic carbocycles. The fraction of sp³-hybridized carbons (Fsp3) is 0.387. The van der Waals surface area contributed by atoms with Crippen LogP contribution in [0.2, 0.25) is 0 Å². The fourth-order valence-electron chi connectivity index (χ4n) is 6.63. The lowest BCUT2D eigenvalue weighted by molar-refractivity contribution is -0.123. The Hall–Kier alpha value is -3.58. The van der Waals surface area contributed by atoms with Crippen LogP contribution in [0, 0.1) is 12.7 Å². The molecule has 2 aromatic heterocycles. The maximum absolute atomic E-state index is 13.4. The second-order valence-electron chi connectivity index (χ2n) is 10.7. The number of nitrogens with zero attached hydrogens (tertiary/aromatic N) is 4. The Balaban J connectivity index is 1.14. The first-order valence-electron chi connectivity index (χ1n) is 13.7. The summed E-state index contributed by atoms with van der Waals surface area (Å²) >= 11 is 0. The Morgan fingerprint density at radius 1 is 1.00 bits per heavy atom. The van der Waals surface area contributed by atoms with Crippen LogP contribution < -0.4 is 5.32 Å². The van der Waals surface area contributed by atoms with Crippen molar-refractivity contribution in [1.29, 1.82) is 0 Å². The van der Waals surface area contributed by atoms with Gasteiger partial charge in [-0.05, 0) is 81.0 Å². The predicted octanol–water partition coefficient (Wildman–Crippen LogP) is 5.54. The number of hydrogen-bond acceptors (Lipinski definition) is 4. The molecule has 2 aliphatic rings. The molecule has 6 nitrogen and oxygen atoms in total. The van der Waals surface area contributed by atoms with Crippen LogP contribution in [-0.2, 0) is 11.3 Å². The highest BCUT2D eigenvalue weighted by atomic mass is 19.1. The number of hydrogen-bond donors (Lipinski definition) is 1. The van der Waals surface area contributed by atoms with E-state index in [1.165, 1.54) is 25.0 Å². The van der Waals surface area contributed by atoms with Crippen LogP contribution in [0.15, 0.2) is 72.9 Å². The van der Waals surface area contributed by atoms with Crippen molar-refractivity contribution in [3.8, 4) is 0 Å². The van der Waals surface area contributed by atoms with Crippen LogP contribution in [0.25, 0.3) is 11.2 Å². The van der Waals surface area contributed by atoms with Crippen molar-refractivity contribution >= 4 is 17.1 Å². The van der Waals surface area contributed by atoms with Crippen molar-refractivity contribution in [2.24, 2.45) is 0 Å². The number of carbonyl (C=O) groups is 1. The van der Waals surface area contributed by atoms with Gasteiger partial charge in [0.05, 0.1) is 5.92 Å². The van der Waals surface area contributed by atoms with Gasteiger partial charge >= 0.3 is 0 Å². The van der Waals surface area contributed by atoms with Gasteiger partial charge in [0.2, 0.25) is 5.91 Å². The van der Waals surface area contributed by atoms with Crippen molar-refractivity contribution in [3.05, 3.63) is 95.7 Å². The van der Waals surface area contributed by atoms with Crippen LogP contribution in [0.3, 0.4) is 0 Å². The van der Waals surface area contributed by atoms with E-state index in [9.17, 15) is 9.18 Å². The van der Waals surface area contributed by atoms with Gasteiger partial charge in [-0.25, -0.2) is 14.4 Å². The van der Waals surface area contributed by atoms with Gasteiger partial charge in [-0.3, -0.25) is 9.69 Å². The maximum Gasteiger partial charge on any atom is 0.227 e. The van der Waals surface area contributed by atoms with Gasteiger partial charge < -0.3 is 9.88 Å². The van der Waals surface area contributed by atoms with Gasteiger partial charge in [0, 0.05) is 30.9 Å². The van der Waals surface area contributed by atoms with E-state index in [-0.39, 0.29) is 17.6 Å². The first kappa shape index (κ1) is 24.7. The average molecular weight is 512 g/mol. The zero-order valence-electron chi connectivity index (χ0n) is 21.8. The number of pyridine rings is 1. The number of benzene rings is 2. The molecule has 0 spiro atoms. The molecular formula is C31H34FN5O. The molecule has 1 N–H and O–H groups in total. The molecule has 38 heavy (non-hydrogen) atoms. The molecule has 196 valence electrons. The zero-order valence-corrected chi connectivity index (χ0v) is 21.8. The highest BCUT2D eigenvalue weighted by Gasteiger charge is 2.42. The monoisotopic (exact) mass is 511 g/mol. The van der Waals surface area contributed by atoms with Crippen molar-refractivity contribution in [2.45, 2.75) is 69.6 Å². The number of carbonyl (C=O) groups excluding carboxylic acids is 1. The lowest BCUT2D eigenvalue weighted by atomic mass is 9.92. The number of aromatic nitrogens is 3. The molecular weight excluding hydrogens is 477 g/mol. The van der Waals surface area contributed by atoms with Crippen molar-refractivity contribution < 1.29 is 9.18 Å². The van der Waals surface area contributed by atoms with Crippen LogP contribution >= 0.6 is 0 Å². The van der Waals surface area contributed by atoms with E-state index in [4.69, 9.17) is 4.98 Å². The molecule has 1 amide bonds. The topological polar surface area (TPSA) is 63.1 Å². The summed E-state index contributed by atoms with van der Waals surface area (Å²) in [6.45, 7) is 3.38. The second kappa shape index (κ2) is 10.7. The number of nitrogens with one attached hydrogen (secondary N) is 1. The summed E-state index contributed by atoms with van der Waals surface area (Å²) in [5, 5.41) is 3.09. The summed E-state index contributed by atoms with van der Waals surface area (Å²) in [4.78, 5) is 25.4. The third-order valence-corrected chi connectivity index (χ3v) is 8.42. The Labute approximate surface area is 222 Å². The maximum atomic E-state index is 13.4. The van der Waals surface area contributed by atoms with E-state index in [1.807, 2.05) is 48.7 Å². The third kappa shape index (κ3) is 4.95. The molecule has 2 aliphatic heterocycles. The summed E-state index contributed by atoms with van der Waals surface area (Å²) in [5.74, 6) is 0.568. The Bertz CT molecular complexity index is 1390. The lowest BCUT2D eigenvalue weighted by Gasteiger charge is -2.40. The quantitative estimate of drug-likeness (QED) is 0.338. The van der Waals surface area contributed by atoms with Crippen molar-refractivity contribution in [2.75, 3.05) is 6.54 Å². The van der Waals surface area contributed by atoms with Crippen LogP contribution in [-0.4, -0.2) is 44.0 Å². The van der Waals surface area contributed by atoms with Crippen LogP contribution in [0.5, 0.6) is 0 Å². The summed E-state index contributed by atoms with van der Waals surface area (Å²) < 4.78 is 15.6. The minimum Gasteiger partial charge on any atom is -0.351 e. The number of piperidine rings is 1. The first-order valence-corrected chi connectivity index (χ1v) is 13.7. The Kier molecular flexibility index (Phi) is 6.94. The van der Waals surface area contributed by atoms with E-state index >= 15 is 0 Å². The molecule has 0 unspecified atom stereocenters. The smallest absolute Gasteiger partial charge is 0.227 e. The molecule has 0 aliphatic carbocycles. The van der Waals surface area contributed by atoms with Gasteiger partial charge in [0.1, 0.15) is 17.2 Å². The molecule has 0 saturated carbocycles. The third-order valence-electron chi connectivity index (χ3n) is 8.42. The molecule has 2 bridgehead atoms. The van der Waals surface area contributed by atoms with Gasteiger partial charge in [0.25, 0.3) is 0 Å². The number of aryl methyl sites for hydroxylation is 1. The summed E-state index contributed by atoms with van der Waals surface area (Å²) in [6.07, 6.45) is 7.21. The number of amides is 1. The second-order valence-corrected chi connectivity index (χ2v) is 10.7. The first-order chi connectivity index (χ1) is 18.6. The van der Waals surface area contributed by atoms with E-state index < -0.39 is 0 Å². The lowest BCUT2D eigenvalue weighted by Crippen LogP contribution is -2.44. The van der Waals surface area contributed by atoms with Gasteiger partial charge in [-0.2, -0.15) is 0 Å². The van der Waals surface area contributed by atoms with Gasteiger partial charge in [-0.15, -0.1) is 0 Å². The SMILES string of the molecule is Cc1nc2cccnc2n1C1C[C@H]2CC[C@H](C1)N2CC[C@H](C(=O)NCc1ccc(F)cc1)c1ccccc1. The molecule has 0 radical (unpaired) electrons. The highest BCUT2D eigenvalue weighted by Crippen LogP contribution is 2.42. The normalized spacial score (nSPS) is 22.0. The molecule has 2 fully saturated rings. The van der Waals surface area contributed by atoms with Gasteiger partial charge in [0.15, 0.2) is 5.65 Å². The standard InChI is InChI=1S/C31H34FN5O/c1-21-35-29-8-5-16-33-30(29)37(21)27-18-25-13-14-26(19-27)36(25)17-15-28(23-6-3-2-4-7-23)31(38)34-20-22-9-11-24(32)12-10-22/h2-12,16,25-28H,13-15,17-20H2,1H3,(H,34,38)/t25-,26-,28+/m1/s1. The summed E-state index contributed by atoms with van der Waals surface area (Å²) in [5.41, 5.74) is 3.89. The van der Waals surface area contributed by atoms with E-state index in [1.54, 1.807) is 12.1 Å².